The molecule has 2 aromatic heterocycles. The van der Waals surface area contributed by atoms with Gasteiger partial charge < -0.3 is 10.6 Å². The fraction of sp³-hybridized carbons (Fsp3) is 0.211. The Hall–Kier alpha value is -3.09. The Bertz CT molecular complexity index is 913. The topological polar surface area (TPSA) is 62.7 Å². The third-order valence-corrected chi connectivity index (χ3v) is 4.07. The van der Waals surface area contributed by atoms with Crippen LogP contribution in [0.25, 0.3) is 11.3 Å². The molecule has 0 aliphatic heterocycles. The van der Waals surface area contributed by atoms with Crippen LogP contribution in [0.3, 0.4) is 0 Å². The van der Waals surface area contributed by atoms with Crippen molar-refractivity contribution in [2.24, 2.45) is 0 Å². The van der Waals surface area contributed by atoms with Crippen LogP contribution in [0.5, 0.6) is 0 Å². The minimum absolute atomic E-state index is 0.326. The van der Waals surface area contributed by atoms with Gasteiger partial charge in [0.25, 0.3) is 0 Å². The van der Waals surface area contributed by atoms with E-state index in [1.165, 1.54) is 6.07 Å². The highest BCUT2D eigenvalue weighted by Crippen LogP contribution is 2.26. The smallest absolute Gasteiger partial charge is 0.225 e. The molecule has 4 rings (SSSR count). The van der Waals surface area contributed by atoms with E-state index in [4.69, 9.17) is 0 Å². The van der Waals surface area contributed by atoms with Gasteiger partial charge >= 0.3 is 0 Å². The van der Waals surface area contributed by atoms with Crippen molar-refractivity contribution in [1.82, 2.24) is 15.0 Å². The summed E-state index contributed by atoms with van der Waals surface area (Å²) in [5, 5.41) is 6.45. The third-order valence-electron chi connectivity index (χ3n) is 4.07. The van der Waals surface area contributed by atoms with E-state index in [-0.39, 0.29) is 0 Å². The third kappa shape index (κ3) is 3.93. The number of halogens is 2. The highest BCUT2D eigenvalue weighted by Gasteiger charge is 2.22. The van der Waals surface area contributed by atoms with Gasteiger partial charge in [0, 0.05) is 36.6 Å². The standard InChI is InChI=1S/C19H17F2N5/c20-15-4-1-12(9-16(15)21)11-23-18-10-17(13-5-7-22-8-6-13)25-19(26-18)24-14-2-3-14/h1,4-10,14H,2-3,11H2,(H2,23,24,25,26). The maximum absolute atomic E-state index is 13.4. The molecule has 1 fully saturated rings. The summed E-state index contributed by atoms with van der Waals surface area (Å²) in [5.41, 5.74) is 2.32. The van der Waals surface area contributed by atoms with E-state index in [2.05, 4.69) is 25.6 Å². The zero-order chi connectivity index (χ0) is 17.9. The van der Waals surface area contributed by atoms with Gasteiger partial charge in [0.1, 0.15) is 5.82 Å². The highest BCUT2D eigenvalue weighted by molar-refractivity contribution is 5.64. The molecular weight excluding hydrogens is 336 g/mol. The Balaban J connectivity index is 1.58. The van der Waals surface area contributed by atoms with Gasteiger partial charge in [-0.3, -0.25) is 4.98 Å². The molecule has 0 unspecified atom stereocenters. The zero-order valence-corrected chi connectivity index (χ0v) is 13.9. The summed E-state index contributed by atoms with van der Waals surface area (Å²) in [6.07, 6.45) is 5.64. The Kier molecular flexibility index (Phi) is 4.43. The van der Waals surface area contributed by atoms with Gasteiger partial charge in [0.05, 0.1) is 5.69 Å². The monoisotopic (exact) mass is 353 g/mol. The van der Waals surface area contributed by atoms with Crippen molar-refractivity contribution in [3.63, 3.8) is 0 Å². The molecule has 0 amide bonds. The first-order chi connectivity index (χ1) is 12.7. The molecule has 1 aliphatic rings. The van der Waals surface area contributed by atoms with Crippen molar-refractivity contribution in [1.29, 1.82) is 0 Å². The number of hydrogen-bond acceptors (Lipinski definition) is 5. The molecule has 26 heavy (non-hydrogen) atoms. The Morgan fingerprint density at radius 3 is 2.50 bits per heavy atom. The van der Waals surface area contributed by atoms with Crippen LogP contribution in [-0.2, 0) is 6.54 Å². The predicted octanol–water partition coefficient (Wildman–Crippen LogP) is 4.00. The molecule has 7 heteroatoms. The molecule has 132 valence electrons. The number of rotatable bonds is 6. The first-order valence-corrected chi connectivity index (χ1v) is 8.41. The summed E-state index contributed by atoms with van der Waals surface area (Å²) in [4.78, 5) is 13.1. The van der Waals surface area contributed by atoms with E-state index >= 15 is 0 Å². The fourth-order valence-electron chi connectivity index (χ4n) is 2.53. The first-order valence-electron chi connectivity index (χ1n) is 8.41. The van der Waals surface area contributed by atoms with E-state index in [0.717, 1.165) is 30.2 Å². The van der Waals surface area contributed by atoms with Crippen molar-refractivity contribution >= 4 is 11.8 Å². The van der Waals surface area contributed by atoms with Gasteiger partial charge in [-0.25, -0.2) is 13.8 Å². The van der Waals surface area contributed by atoms with Crippen molar-refractivity contribution in [2.75, 3.05) is 10.6 Å². The van der Waals surface area contributed by atoms with Gasteiger partial charge in [0.15, 0.2) is 11.6 Å². The van der Waals surface area contributed by atoms with Crippen LogP contribution in [0.15, 0.2) is 48.8 Å². The molecule has 1 saturated carbocycles. The number of nitrogens with zero attached hydrogens (tertiary/aromatic N) is 3. The number of hydrogen-bond donors (Lipinski definition) is 2. The van der Waals surface area contributed by atoms with Gasteiger partial charge in [-0.05, 0) is 42.7 Å². The average Bonchev–Trinajstić information content (AvgIpc) is 3.47. The molecule has 0 bridgehead atoms. The second-order valence-electron chi connectivity index (χ2n) is 6.22. The summed E-state index contributed by atoms with van der Waals surface area (Å²) < 4.78 is 26.4. The molecule has 0 saturated heterocycles. The van der Waals surface area contributed by atoms with Gasteiger partial charge in [-0.15, -0.1) is 0 Å². The summed E-state index contributed by atoms with van der Waals surface area (Å²) in [6.45, 7) is 0.326. The maximum Gasteiger partial charge on any atom is 0.225 e. The summed E-state index contributed by atoms with van der Waals surface area (Å²) in [7, 11) is 0. The average molecular weight is 353 g/mol. The maximum atomic E-state index is 13.4. The van der Waals surface area contributed by atoms with E-state index in [0.29, 0.717) is 29.9 Å². The molecule has 0 radical (unpaired) electrons. The molecule has 1 aromatic carbocycles. The highest BCUT2D eigenvalue weighted by atomic mass is 19.2. The second kappa shape index (κ2) is 7.03. The molecular formula is C19H17F2N5. The van der Waals surface area contributed by atoms with Crippen LogP contribution in [0.1, 0.15) is 18.4 Å². The van der Waals surface area contributed by atoms with Crippen LogP contribution in [0, 0.1) is 11.6 Å². The minimum atomic E-state index is -0.861. The molecule has 0 spiro atoms. The van der Waals surface area contributed by atoms with Gasteiger partial charge in [-0.2, -0.15) is 4.98 Å². The Labute approximate surface area is 149 Å². The molecule has 0 atom stereocenters. The van der Waals surface area contributed by atoms with Gasteiger partial charge in [0.2, 0.25) is 5.95 Å². The Morgan fingerprint density at radius 2 is 1.77 bits per heavy atom. The van der Waals surface area contributed by atoms with Crippen LogP contribution in [-0.4, -0.2) is 21.0 Å². The molecule has 1 aliphatic carbocycles. The van der Waals surface area contributed by atoms with Crippen LogP contribution in [0.2, 0.25) is 0 Å². The van der Waals surface area contributed by atoms with Crippen molar-refractivity contribution in [3.05, 3.63) is 66.0 Å². The van der Waals surface area contributed by atoms with Crippen LogP contribution in [0.4, 0.5) is 20.5 Å². The first kappa shape index (κ1) is 16.4. The number of benzene rings is 1. The van der Waals surface area contributed by atoms with Crippen LogP contribution >= 0.6 is 0 Å². The number of anilines is 2. The second-order valence-corrected chi connectivity index (χ2v) is 6.22. The lowest BCUT2D eigenvalue weighted by molar-refractivity contribution is 0.507. The van der Waals surface area contributed by atoms with Crippen LogP contribution < -0.4 is 10.6 Å². The SMILES string of the molecule is Fc1ccc(CNc2cc(-c3ccncc3)nc(NC3CC3)n2)cc1F. The minimum Gasteiger partial charge on any atom is -0.366 e. The van der Waals surface area contributed by atoms with Crippen molar-refractivity contribution < 1.29 is 8.78 Å². The molecule has 2 heterocycles. The number of pyridine rings is 1. The lowest BCUT2D eigenvalue weighted by Gasteiger charge is -2.11. The summed E-state index contributed by atoms with van der Waals surface area (Å²) in [5.74, 6) is -0.554. The molecule has 2 N–H and O–H groups in total. The van der Waals surface area contributed by atoms with E-state index in [9.17, 15) is 8.78 Å². The van der Waals surface area contributed by atoms with E-state index in [1.807, 2.05) is 18.2 Å². The lowest BCUT2D eigenvalue weighted by atomic mass is 10.2. The molecule has 5 nitrogen and oxygen atoms in total. The number of nitrogens with one attached hydrogen (secondary N) is 2. The van der Waals surface area contributed by atoms with Gasteiger partial charge in [-0.1, -0.05) is 6.07 Å². The quantitative estimate of drug-likeness (QED) is 0.701. The zero-order valence-electron chi connectivity index (χ0n) is 13.9. The molecule has 3 aromatic rings. The summed E-state index contributed by atoms with van der Waals surface area (Å²) >= 11 is 0. The predicted molar refractivity (Wildman–Crippen MR) is 95.6 cm³/mol. The number of aromatic nitrogens is 3. The summed E-state index contributed by atoms with van der Waals surface area (Å²) in [6, 6.07) is 9.84. The van der Waals surface area contributed by atoms with Crippen molar-refractivity contribution in [3.8, 4) is 11.3 Å². The normalized spacial score (nSPS) is 13.5. The fourth-order valence-corrected chi connectivity index (χ4v) is 2.53. The van der Waals surface area contributed by atoms with E-state index < -0.39 is 11.6 Å². The van der Waals surface area contributed by atoms with Crippen molar-refractivity contribution in [2.45, 2.75) is 25.4 Å². The lowest BCUT2D eigenvalue weighted by Crippen LogP contribution is -2.09. The van der Waals surface area contributed by atoms with E-state index in [1.54, 1.807) is 18.5 Å². The largest absolute Gasteiger partial charge is 0.366 e. The Morgan fingerprint density at radius 1 is 0.962 bits per heavy atom.